The van der Waals surface area contributed by atoms with Crippen LogP contribution < -0.4 is 15.4 Å². The highest BCUT2D eigenvalue weighted by Crippen LogP contribution is 2.32. The molecule has 0 aliphatic rings. The van der Waals surface area contributed by atoms with Gasteiger partial charge in [-0.1, -0.05) is 11.6 Å². The lowest BCUT2D eigenvalue weighted by Gasteiger charge is -2.15. The molecule has 0 saturated carbocycles. The summed E-state index contributed by atoms with van der Waals surface area (Å²) in [6, 6.07) is 10.8. The van der Waals surface area contributed by atoms with Gasteiger partial charge in [-0.05, 0) is 49.7 Å². The number of rotatable bonds is 6. The fourth-order valence-electron chi connectivity index (χ4n) is 2.24. The molecule has 1 atom stereocenters. The lowest BCUT2D eigenvalue weighted by molar-refractivity contribution is -0.115. The van der Waals surface area contributed by atoms with Gasteiger partial charge in [0, 0.05) is 28.6 Å². The number of aryl methyl sites for hydroxylation is 1. The van der Waals surface area contributed by atoms with E-state index in [0.29, 0.717) is 16.5 Å². The minimum atomic E-state index is -0.317. The highest BCUT2D eigenvalue weighted by Gasteiger charge is 2.17. The molecule has 0 radical (unpaired) electrons. The maximum Gasteiger partial charge on any atom is 0.237 e. The van der Waals surface area contributed by atoms with Crippen LogP contribution in [-0.4, -0.2) is 24.2 Å². The number of thioether (sulfide) groups is 1. The van der Waals surface area contributed by atoms with Crippen molar-refractivity contribution in [2.45, 2.75) is 30.9 Å². The highest BCUT2D eigenvalue weighted by molar-refractivity contribution is 8.00. The second-order valence-electron chi connectivity index (χ2n) is 5.76. The average Bonchev–Trinajstić information content (AvgIpc) is 2.59. The van der Waals surface area contributed by atoms with Crippen molar-refractivity contribution in [2.75, 3.05) is 17.7 Å². The first-order valence-electron chi connectivity index (χ1n) is 7.99. The van der Waals surface area contributed by atoms with Crippen molar-refractivity contribution in [2.24, 2.45) is 0 Å². The van der Waals surface area contributed by atoms with Gasteiger partial charge in [-0.15, -0.1) is 11.8 Å². The number of anilines is 2. The molecule has 0 aromatic heterocycles. The molecule has 0 aliphatic heterocycles. The maximum atomic E-state index is 12.5. The van der Waals surface area contributed by atoms with Crippen molar-refractivity contribution in [3.05, 3.63) is 47.0 Å². The molecule has 2 aromatic rings. The first kappa shape index (κ1) is 20.1. The second-order valence-corrected chi connectivity index (χ2v) is 7.58. The van der Waals surface area contributed by atoms with Gasteiger partial charge in [0.05, 0.1) is 18.0 Å². The number of hydrogen-bond donors (Lipinski definition) is 2. The van der Waals surface area contributed by atoms with Gasteiger partial charge in [-0.2, -0.15) is 0 Å². The monoisotopic (exact) mass is 392 g/mol. The van der Waals surface area contributed by atoms with Gasteiger partial charge in [0.15, 0.2) is 0 Å². The minimum Gasteiger partial charge on any atom is -0.495 e. The number of nitrogens with one attached hydrogen (secondary N) is 2. The topological polar surface area (TPSA) is 67.4 Å². The van der Waals surface area contributed by atoms with E-state index in [0.717, 1.165) is 16.1 Å². The van der Waals surface area contributed by atoms with Crippen LogP contribution in [0.3, 0.4) is 0 Å². The molecule has 138 valence electrons. The summed E-state index contributed by atoms with van der Waals surface area (Å²) in [5.74, 6) is 0.261. The summed E-state index contributed by atoms with van der Waals surface area (Å²) in [5, 5.41) is 5.87. The van der Waals surface area contributed by atoms with Crippen LogP contribution in [0.4, 0.5) is 11.4 Å². The zero-order valence-electron chi connectivity index (χ0n) is 15.1. The van der Waals surface area contributed by atoms with E-state index >= 15 is 0 Å². The summed E-state index contributed by atoms with van der Waals surface area (Å²) in [7, 11) is 1.53. The molecule has 7 heteroatoms. The summed E-state index contributed by atoms with van der Waals surface area (Å²) < 4.78 is 5.28. The van der Waals surface area contributed by atoms with Crippen molar-refractivity contribution < 1.29 is 14.3 Å². The number of benzene rings is 2. The van der Waals surface area contributed by atoms with Gasteiger partial charge in [-0.25, -0.2) is 0 Å². The van der Waals surface area contributed by atoms with E-state index in [4.69, 9.17) is 16.3 Å². The van der Waals surface area contributed by atoms with Crippen LogP contribution in [-0.2, 0) is 9.59 Å². The number of methoxy groups -OCH3 is 1. The molecule has 5 nitrogen and oxygen atoms in total. The number of halogens is 1. The van der Waals surface area contributed by atoms with Gasteiger partial charge < -0.3 is 15.4 Å². The van der Waals surface area contributed by atoms with Crippen LogP contribution >= 0.6 is 23.4 Å². The molecule has 26 heavy (non-hydrogen) atoms. The first-order valence-corrected chi connectivity index (χ1v) is 9.25. The Hall–Kier alpha value is -2.18. The normalized spacial score (nSPS) is 11.6. The zero-order chi connectivity index (χ0) is 19.3. The van der Waals surface area contributed by atoms with Crippen LogP contribution in [0.25, 0.3) is 0 Å². The largest absolute Gasteiger partial charge is 0.495 e. The van der Waals surface area contributed by atoms with E-state index in [1.165, 1.54) is 25.8 Å². The zero-order valence-corrected chi connectivity index (χ0v) is 16.6. The van der Waals surface area contributed by atoms with Crippen molar-refractivity contribution in [3.63, 3.8) is 0 Å². The van der Waals surface area contributed by atoms with Crippen molar-refractivity contribution >= 4 is 46.6 Å². The molecule has 0 spiro atoms. The lowest BCUT2D eigenvalue weighted by atomic mass is 10.2. The first-order chi connectivity index (χ1) is 12.3. The van der Waals surface area contributed by atoms with Crippen molar-refractivity contribution in [1.82, 2.24) is 0 Å². The summed E-state index contributed by atoms with van der Waals surface area (Å²) >= 11 is 7.52. The molecule has 2 rings (SSSR count). The summed E-state index contributed by atoms with van der Waals surface area (Å²) in [5.41, 5.74) is 2.17. The van der Waals surface area contributed by atoms with E-state index in [-0.39, 0.29) is 17.1 Å². The van der Waals surface area contributed by atoms with Crippen LogP contribution in [0.15, 0.2) is 41.3 Å². The second kappa shape index (κ2) is 8.96. The minimum absolute atomic E-state index is 0.120. The predicted molar refractivity (Wildman–Crippen MR) is 107 cm³/mol. The van der Waals surface area contributed by atoms with Gasteiger partial charge in [-0.3, -0.25) is 9.59 Å². The Bertz CT molecular complexity index is 809. The molecule has 0 saturated heterocycles. The summed E-state index contributed by atoms with van der Waals surface area (Å²) in [4.78, 5) is 24.5. The standard InChI is InChI=1S/C19H21ClN2O3S/c1-11-9-17(18(25-4)10-16(11)20)22-19(24)12(2)26-15-7-5-14(6-8-15)21-13(3)23/h5-10,12H,1-4H3,(H,21,23)(H,22,24)/t12-/m0/s1. The molecule has 2 aromatic carbocycles. The Morgan fingerprint density at radius 1 is 1.15 bits per heavy atom. The van der Waals surface area contributed by atoms with E-state index in [9.17, 15) is 9.59 Å². The predicted octanol–water partition coefficient (Wildman–Crippen LogP) is 4.73. The number of carbonyl (C=O) groups excluding carboxylic acids is 2. The summed E-state index contributed by atoms with van der Waals surface area (Å²) in [6.07, 6.45) is 0. The molecule has 2 N–H and O–H groups in total. The Morgan fingerprint density at radius 2 is 1.81 bits per heavy atom. The third-order valence-electron chi connectivity index (χ3n) is 3.60. The Labute approximate surface area is 162 Å². The van der Waals surface area contributed by atoms with E-state index in [2.05, 4.69) is 10.6 Å². The summed E-state index contributed by atoms with van der Waals surface area (Å²) in [6.45, 7) is 5.16. The van der Waals surface area contributed by atoms with E-state index < -0.39 is 0 Å². The number of amides is 2. The van der Waals surface area contributed by atoms with Crippen LogP contribution in [0, 0.1) is 6.92 Å². The van der Waals surface area contributed by atoms with Crippen molar-refractivity contribution in [3.8, 4) is 5.75 Å². The number of ether oxygens (including phenoxy) is 1. The van der Waals surface area contributed by atoms with Gasteiger partial charge in [0.25, 0.3) is 0 Å². The van der Waals surface area contributed by atoms with Gasteiger partial charge >= 0.3 is 0 Å². The number of hydrogen-bond acceptors (Lipinski definition) is 4. The van der Waals surface area contributed by atoms with Crippen LogP contribution in [0.2, 0.25) is 5.02 Å². The Kier molecular flexibility index (Phi) is 6.94. The Morgan fingerprint density at radius 3 is 2.38 bits per heavy atom. The Balaban J connectivity index is 2.04. The highest BCUT2D eigenvalue weighted by atomic mass is 35.5. The molecule has 0 unspecified atom stereocenters. The fourth-order valence-corrected chi connectivity index (χ4v) is 3.26. The smallest absolute Gasteiger partial charge is 0.237 e. The van der Waals surface area contributed by atoms with Crippen LogP contribution in [0.5, 0.6) is 5.75 Å². The molecule has 0 aliphatic carbocycles. The SMILES string of the molecule is COc1cc(Cl)c(C)cc1NC(=O)[C@H](C)Sc1ccc(NC(C)=O)cc1. The van der Waals surface area contributed by atoms with Crippen LogP contribution in [0.1, 0.15) is 19.4 Å². The fraction of sp³-hybridized carbons (Fsp3) is 0.263. The maximum absolute atomic E-state index is 12.5. The molecule has 0 fully saturated rings. The van der Waals surface area contributed by atoms with Crippen molar-refractivity contribution in [1.29, 1.82) is 0 Å². The van der Waals surface area contributed by atoms with Gasteiger partial charge in [0.1, 0.15) is 5.75 Å². The molecular weight excluding hydrogens is 372 g/mol. The lowest BCUT2D eigenvalue weighted by Crippen LogP contribution is -2.22. The number of carbonyl (C=O) groups is 2. The molecular formula is C19H21ClN2O3S. The molecule has 0 bridgehead atoms. The molecule has 0 heterocycles. The third kappa shape index (κ3) is 5.41. The third-order valence-corrected chi connectivity index (χ3v) is 5.11. The molecule has 2 amide bonds. The van der Waals surface area contributed by atoms with E-state index in [1.807, 2.05) is 26.0 Å². The van der Waals surface area contributed by atoms with Gasteiger partial charge in [0.2, 0.25) is 11.8 Å². The van der Waals surface area contributed by atoms with E-state index in [1.54, 1.807) is 24.3 Å². The average molecular weight is 393 g/mol. The quantitative estimate of drug-likeness (QED) is 0.697.